The molecule has 0 spiro atoms. The molecule has 0 saturated carbocycles. The largest absolute Gasteiger partial charge is 0.507 e. The van der Waals surface area contributed by atoms with Gasteiger partial charge in [0.25, 0.3) is 5.91 Å². The number of nitrogen functional groups attached to an aromatic ring is 1. The number of anilines is 2. The van der Waals surface area contributed by atoms with E-state index < -0.39 is 17.5 Å². The molecule has 1 heterocycles. The Hall–Kier alpha value is -2.57. The van der Waals surface area contributed by atoms with Crippen LogP contribution < -0.4 is 11.1 Å². The summed E-state index contributed by atoms with van der Waals surface area (Å²) in [5.41, 5.74) is 6.53. The Kier molecular flexibility index (Phi) is 2.88. The van der Waals surface area contributed by atoms with E-state index in [9.17, 15) is 14.3 Å². The Labute approximate surface area is 102 Å². The van der Waals surface area contributed by atoms with Crippen LogP contribution >= 0.6 is 0 Å². The summed E-state index contributed by atoms with van der Waals surface area (Å²) in [5.74, 6) is -1.52. The lowest BCUT2D eigenvalue weighted by Crippen LogP contribution is -2.13. The second-order valence-electron chi connectivity index (χ2n) is 3.73. The Morgan fingerprint density at radius 3 is 2.83 bits per heavy atom. The van der Waals surface area contributed by atoms with Crippen LogP contribution in [0.25, 0.3) is 0 Å². The summed E-state index contributed by atoms with van der Waals surface area (Å²) < 4.78 is 12.8. The zero-order chi connectivity index (χ0) is 13.3. The minimum Gasteiger partial charge on any atom is -0.507 e. The number of rotatable bonds is 2. The summed E-state index contributed by atoms with van der Waals surface area (Å²) in [6.45, 7) is 1.70. The number of H-pyrrole nitrogens is 1. The number of aryl methyl sites for hydroxylation is 1. The van der Waals surface area contributed by atoms with Gasteiger partial charge in [-0.15, -0.1) is 0 Å². The first-order valence-corrected chi connectivity index (χ1v) is 5.09. The van der Waals surface area contributed by atoms with Gasteiger partial charge in [0.05, 0.1) is 16.9 Å². The minimum absolute atomic E-state index is 0.0588. The van der Waals surface area contributed by atoms with Crippen LogP contribution in [0.2, 0.25) is 0 Å². The molecule has 0 unspecified atom stereocenters. The smallest absolute Gasteiger partial charge is 0.260 e. The number of aromatic hydroxyl groups is 1. The Balaban J connectivity index is 2.25. The molecule has 18 heavy (non-hydrogen) atoms. The average Bonchev–Trinajstić information content (AvgIpc) is 2.61. The zero-order valence-electron chi connectivity index (χ0n) is 9.49. The number of carbonyl (C=O) groups excluding carboxylic acids is 1. The van der Waals surface area contributed by atoms with Crippen molar-refractivity contribution >= 4 is 17.4 Å². The van der Waals surface area contributed by atoms with Gasteiger partial charge in [-0.2, -0.15) is 5.10 Å². The molecule has 6 nitrogen and oxygen atoms in total. The number of carbonyl (C=O) groups is 1. The molecule has 0 fully saturated rings. The van der Waals surface area contributed by atoms with E-state index in [4.69, 9.17) is 5.73 Å². The molecule has 0 saturated heterocycles. The predicted molar refractivity (Wildman–Crippen MR) is 63.8 cm³/mol. The molecule has 1 amide bonds. The number of nitrogens with one attached hydrogen (secondary N) is 2. The van der Waals surface area contributed by atoms with Gasteiger partial charge in [-0.3, -0.25) is 9.89 Å². The first-order valence-electron chi connectivity index (χ1n) is 5.09. The van der Waals surface area contributed by atoms with E-state index >= 15 is 0 Å². The van der Waals surface area contributed by atoms with E-state index in [1.165, 1.54) is 6.07 Å². The van der Waals surface area contributed by atoms with Gasteiger partial charge in [0.2, 0.25) is 0 Å². The molecule has 1 aromatic carbocycles. The van der Waals surface area contributed by atoms with Crippen LogP contribution in [-0.2, 0) is 0 Å². The number of phenols is 1. The molecule has 0 aliphatic heterocycles. The molecule has 7 heteroatoms. The Morgan fingerprint density at radius 2 is 2.28 bits per heavy atom. The summed E-state index contributed by atoms with van der Waals surface area (Å²) >= 11 is 0. The number of hydrogen-bond acceptors (Lipinski definition) is 4. The molecule has 0 aliphatic carbocycles. The molecular formula is C11H11FN4O2. The van der Waals surface area contributed by atoms with Crippen LogP contribution in [0.15, 0.2) is 18.2 Å². The molecule has 0 radical (unpaired) electrons. The zero-order valence-corrected chi connectivity index (χ0v) is 9.49. The number of nitrogens with zero attached hydrogens (tertiary/aromatic N) is 1. The number of phenolic OH excluding ortho intramolecular Hbond substituents is 1. The van der Waals surface area contributed by atoms with Crippen LogP contribution in [-0.4, -0.2) is 21.2 Å². The molecule has 1 aromatic heterocycles. The first-order chi connectivity index (χ1) is 8.49. The third-order valence-corrected chi connectivity index (χ3v) is 2.43. The van der Waals surface area contributed by atoms with Crippen LogP contribution in [0.4, 0.5) is 15.9 Å². The van der Waals surface area contributed by atoms with Crippen molar-refractivity contribution in [3.8, 4) is 5.75 Å². The standard InChI is InChI=1S/C11H11FN4O2/c1-5-9(13)10(16-15-5)14-11(18)7-3-2-6(12)4-8(7)17/h2-4,17H,13H2,1H3,(H2,14,15,16,18). The number of aromatic amines is 1. The molecule has 0 aliphatic rings. The van der Waals surface area contributed by atoms with Crippen LogP contribution in [0.3, 0.4) is 0 Å². The normalized spacial score (nSPS) is 10.3. The fraction of sp³-hybridized carbons (Fsp3) is 0.0909. The maximum atomic E-state index is 12.8. The van der Waals surface area contributed by atoms with Gasteiger partial charge >= 0.3 is 0 Å². The van der Waals surface area contributed by atoms with Gasteiger partial charge in [-0.05, 0) is 19.1 Å². The van der Waals surface area contributed by atoms with E-state index in [-0.39, 0.29) is 11.4 Å². The highest BCUT2D eigenvalue weighted by atomic mass is 19.1. The highest BCUT2D eigenvalue weighted by Crippen LogP contribution is 2.22. The average molecular weight is 250 g/mol. The summed E-state index contributed by atoms with van der Waals surface area (Å²) in [4.78, 5) is 11.8. The third-order valence-electron chi connectivity index (χ3n) is 2.43. The van der Waals surface area contributed by atoms with Crippen LogP contribution in [0.5, 0.6) is 5.75 Å². The maximum Gasteiger partial charge on any atom is 0.260 e. The third kappa shape index (κ3) is 2.10. The van der Waals surface area contributed by atoms with Gasteiger partial charge in [-0.1, -0.05) is 0 Å². The summed E-state index contributed by atoms with van der Waals surface area (Å²) in [7, 11) is 0. The molecule has 0 bridgehead atoms. The fourth-order valence-electron chi connectivity index (χ4n) is 1.40. The summed E-state index contributed by atoms with van der Waals surface area (Å²) in [5, 5.41) is 18.3. The van der Waals surface area contributed by atoms with E-state index in [0.29, 0.717) is 11.4 Å². The molecule has 2 aromatic rings. The highest BCUT2D eigenvalue weighted by molar-refractivity contribution is 6.06. The van der Waals surface area contributed by atoms with Gasteiger partial charge in [0.1, 0.15) is 11.6 Å². The maximum absolute atomic E-state index is 12.8. The highest BCUT2D eigenvalue weighted by Gasteiger charge is 2.15. The number of hydrogen-bond donors (Lipinski definition) is 4. The van der Waals surface area contributed by atoms with E-state index in [1.54, 1.807) is 6.92 Å². The monoisotopic (exact) mass is 250 g/mol. The van der Waals surface area contributed by atoms with Crippen molar-refractivity contribution in [2.24, 2.45) is 0 Å². The lowest BCUT2D eigenvalue weighted by Gasteiger charge is -2.05. The van der Waals surface area contributed by atoms with E-state index in [2.05, 4.69) is 15.5 Å². The van der Waals surface area contributed by atoms with Gasteiger partial charge in [0, 0.05) is 6.07 Å². The van der Waals surface area contributed by atoms with Crippen molar-refractivity contribution in [2.75, 3.05) is 11.1 Å². The van der Waals surface area contributed by atoms with Crippen LogP contribution in [0, 0.1) is 12.7 Å². The van der Waals surface area contributed by atoms with E-state index in [0.717, 1.165) is 12.1 Å². The number of halogens is 1. The van der Waals surface area contributed by atoms with Gasteiger partial charge in [-0.25, -0.2) is 4.39 Å². The lowest BCUT2D eigenvalue weighted by atomic mass is 10.2. The molecule has 2 rings (SSSR count). The van der Waals surface area contributed by atoms with Crippen molar-refractivity contribution in [2.45, 2.75) is 6.92 Å². The molecule has 5 N–H and O–H groups in total. The fourth-order valence-corrected chi connectivity index (χ4v) is 1.40. The minimum atomic E-state index is -0.626. The van der Waals surface area contributed by atoms with Crippen molar-refractivity contribution < 1.29 is 14.3 Å². The van der Waals surface area contributed by atoms with Crippen molar-refractivity contribution in [3.05, 3.63) is 35.3 Å². The van der Waals surface area contributed by atoms with E-state index in [1.807, 2.05) is 0 Å². The van der Waals surface area contributed by atoms with Gasteiger partial charge < -0.3 is 16.2 Å². The second-order valence-corrected chi connectivity index (χ2v) is 3.73. The topological polar surface area (TPSA) is 104 Å². The summed E-state index contributed by atoms with van der Waals surface area (Å²) in [6.07, 6.45) is 0. The van der Waals surface area contributed by atoms with Crippen molar-refractivity contribution in [1.29, 1.82) is 0 Å². The number of nitrogens with two attached hydrogens (primary N) is 1. The number of aromatic nitrogens is 2. The Bertz CT molecular complexity index is 609. The second kappa shape index (κ2) is 4.36. The summed E-state index contributed by atoms with van der Waals surface area (Å²) in [6, 6.07) is 3.11. The SMILES string of the molecule is Cc1[nH]nc(NC(=O)c2ccc(F)cc2O)c1N. The molecule has 94 valence electrons. The Morgan fingerprint density at radius 1 is 1.56 bits per heavy atom. The lowest BCUT2D eigenvalue weighted by molar-refractivity contribution is 0.102. The van der Waals surface area contributed by atoms with Crippen molar-refractivity contribution in [1.82, 2.24) is 10.2 Å². The van der Waals surface area contributed by atoms with Crippen LogP contribution in [0.1, 0.15) is 16.1 Å². The molecular weight excluding hydrogens is 239 g/mol. The number of benzene rings is 1. The molecule has 0 atom stereocenters. The van der Waals surface area contributed by atoms with Gasteiger partial charge in [0.15, 0.2) is 5.82 Å². The quantitative estimate of drug-likeness (QED) is 0.646. The first kappa shape index (κ1) is 11.9. The van der Waals surface area contributed by atoms with Crippen molar-refractivity contribution in [3.63, 3.8) is 0 Å². The number of amides is 1. The predicted octanol–water partition coefficient (Wildman–Crippen LogP) is 1.40.